The van der Waals surface area contributed by atoms with Crippen molar-refractivity contribution in [1.82, 2.24) is 10.3 Å². The number of thioether (sulfide) groups is 1. The second-order valence-electron chi connectivity index (χ2n) is 5.94. The van der Waals surface area contributed by atoms with Crippen molar-refractivity contribution in [2.24, 2.45) is 0 Å². The molecule has 0 bridgehead atoms. The summed E-state index contributed by atoms with van der Waals surface area (Å²) >= 11 is 1.35. The fourth-order valence-corrected chi connectivity index (χ4v) is 3.26. The van der Waals surface area contributed by atoms with E-state index >= 15 is 0 Å². The Labute approximate surface area is 160 Å². The topological polar surface area (TPSA) is 51.2 Å². The number of para-hydroxylation sites is 1. The van der Waals surface area contributed by atoms with E-state index in [9.17, 15) is 18.0 Å². The lowest BCUT2D eigenvalue weighted by molar-refractivity contribution is -0.137. The maximum absolute atomic E-state index is 12.5. The molecule has 1 aromatic carbocycles. The molecule has 1 N–H and O–H groups in total. The third-order valence-electron chi connectivity index (χ3n) is 3.83. The number of rotatable bonds is 8. The Bertz CT molecular complexity index is 751. The van der Waals surface area contributed by atoms with Gasteiger partial charge in [0, 0.05) is 30.0 Å². The highest BCUT2D eigenvalue weighted by Crippen LogP contribution is 2.31. The van der Waals surface area contributed by atoms with Crippen molar-refractivity contribution in [2.75, 3.05) is 7.11 Å². The number of pyridine rings is 1. The minimum Gasteiger partial charge on any atom is -0.496 e. The van der Waals surface area contributed by atoms with Crippen molar-refractivity contribution >= 4 is 17.7 Å². The maximum atomic E-state index is 12.5. The summed E-state index contributed by atoms with van der Waals surface area (Å²) in [6.45, 7) is 2.29. The second-order valence-corrected chi connectivity index (χ2v) is 7.40. The number of nitrogens with one attached hydrogen (secondary N) is 1. The quantitative estimate of drug-likeness (QED) is 0.656. The molecule has 0 aliphatic rings. The van der Waals surface area contributed by atoms with E-state index in [0.717, 1.165) is 23.6 Å². The number of carbonyl (C=O) groups is 1. The van der Waals surface area contributed by atoms with E-state index in [2.05, 4.69) is 10.3 Å². The standard InChI is InChI=1S/C19H21F3N2O2S/c1-13(27-18-10-8-15(12-24-18)19(20,21)22)7-9-17(25)23-11-14-5-3-4-6-16(14)26-2/h3-6,8,10,12-13H,7,9,11H2,1-2H3,(H,23,25). The minimum absolute atomic E-state index is 0.0475. The lowest BCUT2D eigenvalue weighted by Gasteiger charge is -2.12. The van der Waals surface area contributed by atoms with Gasteiger partial charge in [-0.25, -0.2) is 4.98 Å². The summed E-state index contributed by atoms with van der Waals surface area (Å²) in [6.07, 6.45) is -2.65. The van der Waals surface area contributed by atoms with E-state index in [1.807, 2.05) is 31.2 Å². The van der Waals surface area contributed by atoms with Crippen molar-refractivity contribution in [3.05, 3.63) is 53.7 Å². The molecule has 146 valence electrons. The number of nitrogens with zero attached hydrogens (tertiary/aromatic N) is 1. The molecule has 8 heteroatoms. The molecule has 0 saturated heterocycles. The van der Waals surface area contributed by atoms with E-state index in [4.69, 9.17) is 4.74 Å². The predicted octanol–water partition coefficient (Wildman–Crippen LogP) is 4.69. The van der Waals surface area contributed by atoms with Gasteiger partial charge in [0.1, 0.15) is 5.75 Å². The van der Waals surface area contributed by atoms with Crippen LogP contribution in [-0.2, 0) is 17.5 Å². The van der Waals surface area contributed by atoms with E-state index in [1.54, 1.807) is 7.11 Å². The summed E-state index contributed by atoms with van der Waals surface area (Å²) in [5, 5.41) is 3.40. The predicted molar refractivity (Wildman–Crippen MR) is 98.6 cm³/mol. The zero-order chi connectivity index (χ0) is 19.9. The maximum Gasteiger partial charge on any atom is 0.417 e. The number of ether oxygens (including phenoxy) is 1. The Kier molecular flexibility index (Phi) is 7.53. The Morgan fingerprint density at radius 1 is 1.26 bits per heavy atom. The van der Waals surface area contributed by atoms with Crippen LogP contribution in [-0.4, -0.2) is 23.3 Å². The third-order valence-corrected chi connectivity index (χ3v) is 4.95. The summed E-state index contributed by atoms with van der Waals surface area (Å²) in [7, 11) is 1.58. The molecule has 0 saturated carbocycles. The summed E-state index contributed by atoms with van der Waals surface area (Å²) < 4.78 is 42.8. The first-order valence-electron chi connectivity index (χ1n) is 8.38. The molecule has 0 radical (unpaired) electrons. The van der Waals surface area contributed by atoms with Gasteiger partial charge in [0.15, 0.2) is 0 Å². The van der Waals surface area contributed by atoms with Gasteiger partial charge in [0.05, 0.1) is 17.7 Å². The van der Waals surface area contributed by atoms with E-state index in [1.165, 1.54) is 17.8 Å². The van der Waals surface area contributed by atoms with Gasteiger partial charge < -0.3 is 10.1 Å². The van der Waals surface area contributed by atoms with Gasteiger partial charge in [-0.2, -0.15) is 13.2 Å². The van der Waals surface area contributed by atoms with Crippen LogP contribution in [0.2, 0.25) is 0 Å². The van der Waals surface area contributed by atoms with Crippen molar-refractivity contribution in [3.63, 3.8) is 0 Å². The molecule has 2 aromatic rings. The van der Waals surface area contributed by atoms with Crippen LogP contribution in [0.25, 0.3) is 0 Å². The minimum atomic E-state index is -4.39. The molecule has 0 aliphatic carbocycles. The van der Waals surface area contributed by atoms with Crippen LogP contribution in [0.4, 0.5) is 13.2 Å². The summed E-state index contributed by atoms with van der Waals surface area (Å²) in [5.41, 5.74) is 0.125. The average Bonchev–Trinajstić information content (AvgIpc) is 2.64. The third kappa shape index (κ3) is 6.78. The van der Waals surface area contributed by atoms with Gasteiger partial charge in [0.2, 0.25) is 5.91 Å². The summed E-state index contributed by atoms with van der Waals surface area (Å²) in [5.74, 6) is 0.629. The fourth-order valence-electron chi connectivity index (χ4n) is 2.35. The number of alkyl halides is 3. The van der Waals surface area contributed by atoms with Crippen molar-refractivity contribution in [1.29, 1.82) is 0 Å². The largest absolute Gasteiger partial charge is 0.496 e. The average molecular weight is 398 g/mol. The highest BCUT2D eigenvalue weighted by molar-refractivity contribution is 7.99. The number of benzene rings is 1. The molecule has 1 atom stereocenters. The van der Waals surface area contributed by atoms with Gasteiger partial charge in [0.25, 0.3) is 0 Å². The van der Waals surface area contributed by atoms with Gasteiger partial charge >= 0.3 is 6.18 Å². The molecule has 0 aliphatic heterocycles. The smallest absolute Gasteiger partial charge is 0.417 e. The number of aromatic nitrogens is 1. The van der Waals surface area contributed by atoms with Crippen molar-refractivity contribution in [2.45, 2.75) is 42.8 Å². The monoisotopic (exact) mass is 398 g/mol. The molecule has 4 nitrogen and oxygen atoms in total. The lowest BCUT2D eigenvalue weighted by Crippen LogP contribution is -2.23. The SMILES string of the molecule is COc1ccccc1CNC(=O)CCC(C)Sc1ccc(C(F)(F)F)cn1. The van der Waals surface area contributed by atoms with E-state index < -0.39 is 11.7 Å². The lowest BCUT2D eigenvalue weighted by atomic mass is 10.2. The van der Waals surface area contributed by atoms with Gasteiger partial charge in [-0.3, -0.25) is 4.79 Å². The van der Waals surface area contributed by atoms with Crippen molar-refractivity contribution in [3.8, 4) is 5.75 Å². The fraction of sp³-hybridized carbons (Fsp3) is 0.368. The van der Waals surface area contributed by atoms with Gasteiger partial charge in [-0.15, -0.1) is 11.8 Å². The number of amides is 1. The molecule has 1 heterocycles. The first kappa shape index (κ1) is 21.1. The number of hydrogen-bond acceptors (Lipinski definition) is 4. The molecule has 27 heavy (non-hydrogen) atoms. The molecule has 0 spiro atoms. The van der Waals surface area contributed by atoms with E-state index in [0.29, 0.717) is 24.4 Å². The van der Waals surface area contributed by atoms with Gasteiger partial charge in [-0.1, -0.05) is 25.1 Å². The zero-order valence-electron chi connectivity index (χ0n) is 15.0. The highest BCUT2D eigenvalue weighted by Gasteiger charge is 2.30. The van der Waals surface area contributed by atoms with Crippen LogP contribution >= 0.6 is 11.8 Å². The molecule has 1 unspecified atom stereocenters. The van der Waals surface area contributed by atoms with E-state index in [-0.39, 0.29) is 11.2 Å². The first-order valence-corrected chi connectivity index (χ1v) is 9.26. The Balaban J connectivity index is 1.76. The molecule has 1 amide bonds. The molecular formula is C19H21F3N2O2S. The molecule has 1 aromatic heterocycles. The number of carbonyl (C=O) groups excluding carboxylic acids is 1. The first-order chi connectivity index (χ1) is 12.8. The Hall–Kier alpha value is -2.22. The number of hydrogen-bond donors (Lipinski definition) is 1. The molecular weight excluding hydrogens is 377 g/mol. The number of methoxy groups -OCH3 is 1. The van der Waals surface area contributed by atoms with Crippen LogP contribution in [0.15, 0.2) is 47.6 Å². The Morgan fingerprint density at radius 3 is 2.63 bits per heavy atom. The van der Waals surface area contributed by atoms with Crippen LogP contribution in [0.1, 0.15) is 30.9 Å². The van der Waals surface area contributed by atoms with Crippen LogP contribution < -0.4 is 10.1 Å². The molecule has 2 rings (SSSR count). The number of halogens is 3. The zero-order valence-corrected chi connectivity index (χ0v) is 15.9. The van der Waals surface area contributed by atoms with Crippen LogP contribution in [0.3, 0.4) is 0 Å². The molecule has 0 fully saturated rings. The second kappa shape index (κ2) is 9.64. The van der Waals surface area contributed by atoms with Crippen molar-refractivity contribution < 1.29 is 22.7 Å². The van der Waals surface area contributed by atoms with Crippen LogP contribution in [0, 0.1) is 0 Å². The summed E-state index contributed by atoms with van der Waals surface area (Å²) in [4.78, 5) is 15.9. The Morgan fingerprint density at radius 2 is 2.00 bits per heavy atom. The van der Waals surface area contributed by atoms with Crippen LogP contribution in [0.5, 0.6) is 5.75 Å². The summed E-state index contributed by atoms with van der Waals surface area (Å²) in [6, 6.07) is 9.82. The van der Waals surface area contributed by atoms with Gasteiger partial charge in [-0.05, 0) is 24.6 Å². The highest BCUT2D eigenvalue weighted by atomic mass is 32.2. The normalized spacial score (nSPS) is 12.5.